The predicted molar refractivity (Wildman–Crippen MR) is 50.9 cm³/mol. The van der Waals surface area contributed by atoms with E-state index >= 15 is 0 Å². The zero-order valence-corrected chi connectivity index (χ0v) is 8.40. The van der Waals surface area contributed by atoms with E-state index in [1.54, 1.807) is 25.7 Å². The summed E-state index contributed by atoms with van der Waals surface area (Å²) in [5.41, 5.74) is 1.66. The topological polar surface area (TPSA) is 0 Å². The summed E-state index contributed by atoms with van der Waals surface area (Å²) in [4.78, 5) is 0. The molecule has 0 radical (unpaired) electrons. The largest absolute Gasteiger partial charge is 0.0648 e. The Kier molecular flexibility index (Phi) is 1.18. The smallest absolute Gasteiger partial charge is 0.0258 e. The summed E-state index contributed by atoms with van der Waals surface area (Å²) in [5, 5.41) is 0. The molecule has 0 saturated heterocycles. The maximum Gasteiger partial charge on any atom is -0.0258 e. The highest BCUT2D eigenvalue weighted by molar-refractivity contribution is 5.19. The number of rotatable bonds is 1. The zero-order valence-electron chi connectivity index (χ0n) is 8.40. The van der Waals surface area contributed by atoms with Crippen molar-refractivity contribution in [1.29, 1.82) is 0 Å². The van der Waals surface area contributed by atoms with Gasteiger partial charge in [-0.2, -0.15) is 0 Å². The van der Waals surface area contributed by atoms with E-state index in [4.69, 9.17) is 0 Å². The maximum atomic E-state index is 2.57. The van der Waals surface area contributed by atoms with Crippen LogP contribution in [-0.2, 0) is 0 Å². The number of fused-ring (bicyclic) bond motifs is 1. The summed E-state index contributed by atoms with van der Waals surface area (Å²) < 4.78 is 0. The monoisotopic (exact) mass is 164 g/mol. The van der Waals surface area contributed by atoms with Gasteiger partial charge in [-0.25, -0.2) is 0 Å². The van der Waals surface area contributed by atoms with Crippen molar-refractivity contribution in [3.05, 3.63) is 0 Å². The minimum absolute atomic E-state index is 0.760. The third kappa shape index (κ3) is 0.625. The van der Waals surface area contributed by atoms with E-state index < -0.39 is 0 Å². The Bertz CT molecular complexity index is 214. The first-order valence-corrected chi connectivity index (χ1v) is 5.71. The summed E-state index contributed by atoms with van der Waals surface area (Å²) in [6, 6.07) is 0. The molecule has 0 nitrogen and oxygen atoms in total. The fourth-order valence-electron chi connectivity index (χ4n) is 4.56. The Morgan fingerprint density at radius 3 is 2.83 bits per heavy atom. The molecule has 3 rings (SSSR count). The molecule has 0 heterocycles. The van der Waals surface area contributed by atoms with E-state index in [0.717, 1.165) is 22.7 Å². The van der Waals surface area contributed by atoms with Gasteiger partial charge in [-0.05, 0) is 48.3 Å². The van der Waals surface area contributed by atoms with E-state index in [0.29, 0.717) is 0 Å². The van der Waals surface area contributed by atoms with Crippen LogP contribution in [0.25, 0.3) is 0 Å². The standard InChI is InChI=1S/C12H20/c1-3-11(2)9-5-4-6-12(7-9)8-10(11)12/h9-10H,3-8H2,1-2H3. The van der Waals surface area contributed by atoms with Crippen molar-refractivity contribution < 1.29 is 0 Å². The molecule has 0 N–H and O–H groups in total. The Labute approximate surface area is 75.7 Å². The summed E-state index contributed by atoms with van der Waals surface area (Å²) >= 11 is 0. The second kappa shape index (κ2) is 1.91. The Hall–Kier alpha value is 0. The highest BCUT2D eigenvalue weighted by Crippen LogP contribution is 2.78. The van der Waals surface area contributed by atoms with Crippen molar-refractivity contribution in [2.75, 3.05) is 0 Å². The molecule has 3 saturated carbocycles. The first-order valence-electron chi connectivity index (χ1n) is 5.71. The second-order valence-corrected chi connectivity index (χ2v) is 5.77. The molecule has 0 aromatic rings. The van der Waals surface area contributed by atoms with E-state index in [1.807, 2.05) is 0 Å². The molecule has 4 atom stereocenters. The van der Waals surface area contributed by atoms with E-state index in [-0.39, 0.29) is 0 Å². The minimum atomic E-state index is 0.760. The molecule has 68 valence electrons. The molecular weight excluding hydrogens is 144 g/mol. The van der Waals surface area contributed by atoms with Crippen LogP contribution in [0, 0.1) is 22.7 Å². The average molecular weight is 164 g/mol. The van der Waals surface area contributed by atoms with Crippen LogP contribution in [0.5, 0.6) is 0 Å². The zero-order chi connectivity index (χ0) is 8.40. The quantitative estimate of drug-likeness (QED) is 0.555. The molecule has 3 aliphatic rings. The number of hydrogen-bond acceptors (Lipinski definition) is 0. The van der Waals surface area contributed by atoms with Crippen LogP contribution in [0.1, 0.15) is 52.4 Å². The average Bonchev–Trinajstić information content (AvgIpc) is 2.74. The van der Waals surface area contributed by atoms with Gasteiger partial charge in [-0.15, -0.1) is 0 Å². The van der Waals surface area contributed by atoms with Crippen LogP contribution in [-0.4, -0.2) is 0 Å². The molecule has 0 aliphatic heterocycles. The van der Waals surface area contributed by atoms with Crippen molar-refractivity contribution >= 4 is 0 Å². The van der Waals surface area contributed by atoms with Gasteiger partial charge < -0.3 is 0 Å². The molecular formula is C12H20. The van der Waals surface area contributed by atoms with Crippen molar-refractivity contribution in [3.8, 4) is 0 Å². The van der Waals surface area contributed by atoms with Crippen LogP contribution >= 0.6 is 0 Å². The molecule has 0 amide bonds. The van der Waals surface area contributed by atoms with E-state index in [2.05, 4.69) is 13.8 Å². The van der Waals surface area contributed by atoms with E-state index in [9.17, 15) is 0 Å². The lowest BCUT2D eigenvalue weighted by atomic mass is 9.71. The summed E-state index contributed by atoms with van der Waals surface area (Å²) in [6.45, 7) is 4.98. The first-order chi connectivity index (χ1) is 5.71. The van der Waals surface area contributed by atoms with Crippen LogP contribution in [0.4, 0.5) is 0 Å². The normalized spacial score (nSPS) is 61.5. The molecule has 3 aliphatic carbocycles. The lowest BCUT2D eigenvalue weighted by Crippen LogP contribution is -2.25. The highest BCUT2D eigenvalue weighted by Gasteiger charge is 2.69. The van der Waals surface area contributed by atoms with Crippen LogP contribution in [0.3, 0.4) is 0 Å². The molecule has 0 aromatic carbocycles. The molecule has 3 fully saturated rings. The Morgan fingerprint density at radius 1 is 1.33 bits per heavy atom. The third-order valence-corrected chi connectivity index (χ3v) is 5.56. The van der Waals surface area contributed by atoms with Gasteiger partial charge >= 0.3 is 0 Å². The first kappa shape index (κ1) is 7.41. The fourth-order valence-corrected chi connectivity index (χ4v) is 4.56. The lowest BCUT2D eigenvalue weighted by molar-refractivity contribution is 0.156. The molecule has 12 heavy (non-hydrogen) atoms. The van der Waals surface area contributed by atoms with Crippen LogP contribution in [0.15, 0.2) is 0 Å². The van der Waals surface area contributed by atoms with Gasteiger partial charge in [-0.3, -0.25) is 0 Å². The van der Waals surface area contributed by atoms with Gasteiger partial charge in [0.2, 0.25) is 0 Å². The Morgan fingerprint density at radius 2 is 2.17 bits per heavy atom. The van der Waals surface area contributed by atoms with Crippen molar-refractivity contribution in [2.45, 2.75) is 52.4 Å². The minimum Gasteiger partial charge on any atom is -0.0648 e. The van der Waals surface area contributed by atoms with Crippen molar-refractivity contribution in [1.82, 2.24) is 0 Å². The van der Waals surface area contributed by atoms with Gasteiger partial charge in [-0.1, -0.05) is 26.7 Å². The van der Waals surface area contributed by atoms with Crippen LogP contribution in [0.2, 0.25) is 0 Å². The van der Waals surface area contributed by atoms with Crippen molar-refractivity contribution in [3.63, 3.8) is 0 Å². The number of hydrogen-bond donors (Lipinski definition) is 0. The third-order valence-electron chi connectivity index (χ3n) is 5.56. The predicted octanol–water partition coefficient (Wildman–Crippen LogP) is 3.61. The molecule has 1 spiro atoms. The summed E-state index contributed by atoms with van der Waals surface area (Å²) in [7, 11) is 0. The van der Waals surface area contributed by atoms with Gasteiger partial charge in [0.25, 0.3) is 0 Å². The summed E-state index contributed by atoms with van der Waals surface area (Å²) in [5.74, 6) is 2.25. The van der Waals surface area contributed by atoms with E-state index in [1.165, 1.54) is 12.8 Å². The highest BCUT2D eigenvalue weighted by atomic mass is 14.7. The lowest BCUT2D eigenvalue weighted by Gasteiger charge is -2.34. The van der Waals surface area contributed by atoms with Gasteiger partial charge in [0.15, 0.2) is 0 Å². The maximum absolute atomic E-state index is 2.57. The van der Waals surface area contributed by atoms with Crippen molar-refractivity contribution in [2.24, 2.45) is 22.7 Å². The Balaban J connectivity index is 1.97. The van der Waals surface area contributed by atoms with Crippen LogP contribution < -0.4 is 0 Å². The van der Waals surface area contributed by atoms with Gasteiger partial charge in [0, 0.05) is 0 Å². The summed E-state index contributed by atoms with van der Waals surface area (Å²) in [6.07, 6.45) is 9.28. The molecule has 0 aromatic heterocycles. The molecule has 4 unspecified atom stereocenters. The molecule has 2 bridgehead atoms. The fraction of sp³-hybridized carbons (Fsp3) is 1.00. The van der Waals surface area contributed by atoms with Gasteiger partial charge in [0.05, 0.1) is 0 Å². The van der Waals surface area contributed by atoms with Gasteiger partial charge in [0.1, 0.15) is 0 Å². The molecule has 0 heteroatoms. The SMILES string of the molecule is CCC1(C)C2CCCC3(C2)CC31. The second-order valence-electron chi connectivity index (χ2n) is 5.77.